The number of carbonyl (C=O) groups is 1. The van der Waals surface area contributed by atoms with E-state index in [-0.39, 0.29) is 11.9 Å². The Morgan fingerprint density at radius 3 is 1.86 bits per heavy atom. The van der Waals surface area contributed by atoms with E-state index in [1.165, 1.54) is 11.3 Å². The van der Waals surface area contributed by atoms with Gasteiger partial charge in [-0.2, -0.15) is 0 Å². The Morgan fingerprint density at radius 2 is 1.41 bits per heavy atom. The molecule has 1 N–H and O–H groups in total. The molecule has 2 aromatic carbocycles. The van der Waals surface area contributed by atoms with Gasteiger partial charge in [0.25, 0.3) is 5.91 Å². The number of carbonyl (C=O) groups excluding carboxylic acids is 1. The summed E-state index contributed by atoms with van der Waals surface area (Å²) in [4.78, 5) is 14.4. The molecular formula is C19H17NOS. The zero-order valence-corrected chi connectivity index (χ0v) is 13.1. The summed E-state index contributed by atoms with van der Waals surface area (Å²) in [5.41, 5.74) is 2.16. The highest BCUT2D eigenvalue weighted by atomic mass is 32.1. The lowest BCUT2D eigenvalue weighted by atomic mass is 9.98. The maximum absolute atomic E-state index is 12.5. The van der Waals surface area contributed by atoms with Gasteiger partial charge in [-0.3, -0.25) is 4.79 Å². The Morgan fingerprint density at radius 1 is 0.864 bits per heavy atom. The van der Waals surface area contributed by atoms with Crippen LogP contribution < -0.4 is 5.32 Å². The van der Waals surface area contributed by atoms with Crippen LogP contribution in [0.15, 0.2) is 72.8 Å². The molecule has 0 unspecified atom stereocenters. The molecule has 0 saturated carbocycles. The fourth-order valence-corrected chi connectivity index (χ4v) is 3.18. The first-order valence-corrected chi connectivity index (χ1v) is 8.03. The molecule has 0 fully saturated rings. The largest absolute Gasteiger partial charge is 0.340 e. The van der Waals surface area contributed by atoms with Gasteiger partial charge < -0.3 is 5.32 Å². The molecule has 0 saturated heterocycles. The molecule has 1 aromatic heterocycles. The molecule has 2 nitrogen and oxygen atoms in total. The first kappa shape index (κ1) is 14.5. The average Bonchev–Trinajstić information content (AvgIpc) is 3.01. The number of nitrogens with one attached hydrogen (secondary N) is 1. The van der Waals surface area contributed by atoms with Crippen molar-refractivity contribution >= 4 is 17.2 Å². The SMILES string of the molecule is Cc1ccc(C(=O)NC(c2ccccc2)c2ccccc2)s1. The van der Waals surface area contributed by atoms with E-state index in [4.69, 9.17) is 0 Å². The smallest absolute Gasteiger partial charge is 0.262 e. The highest BCUT2D eigenvalue weighted by molar-refractivity contribution is 7.13. The van der Waals surface area contributed by atoms with Gasteiger partial charge in [-0.1, -0.05) is 60.7 Å². The maximum atomic E-state index is 12.5. The van der Waals surface area contributed by atoms with Gasteiger partial charge in [0.05, 0.1) is 10.9 Å². The van der Waals surface area contributed by atoms with Crippen molar-refractivity contribution in [2.75, 3.05) is 0 Å². The molecule has 1 amide bonds. The Bertz CT molecular complexity index is 710. The fourth-order valence-electron chi connectivity index (χ4n) is 2.41. The van der Waals surface area contributed by atoms with Crippen LogP contribution in [0, 0.1) is 6.92 Å². The van der Waals surface area contributed by atoms with Gasteiger partial charge in [0, 0.05) is 4.88 Å². The van der Waals surface area contributed by atoms with Gasteiger partial charge in [0.2, 0.25) is 0 Å². The van der Waals surface area contributed by atoms with Crippen LogP contribution in [0.5, 0.6) is 0 Å². The summed E-state index contributed by atoms with van der Waals surface area (Å²) in [5.74, 6) is -0.0317. The molecule has 22 heavy (non-hydrogen) atoms. The minimum absolute atomic E-state index is 0.0317. The van der Waals surface area contributed by atoms with E-state index in [9.17, 15) is 4.79 Å². The third-order valence-electron chi connectivity index (χ3n) is 3.51. The predicted octanol–water partition coefficient (Wildman–Crippen LogP) is 4.58. The van der Waals surface area contributed by atoms with Crippen LogP contribution in [-0.4, -0.2) is 5.91 Å². The lowest BCUT2D eigenvalue weighted by molar-refractivity contribution is 0.0947. The summed E-state index contributed by atoms with van der Waals surface area (Å²) < 4.78 is 0. The van der Waals surface area contributed by atoms with Crippen LogP contribution >= 0.6 is 11.3 Å². The minimum atomic E-state index is -0.141. The summed E-state index contributed by atoms with van der Waals surface area (Å²) in [7, 11) is 0. The third-order valence-corrected chi connectivity index (χ3v) is 4.50. The highest BCUT2D eigenvalue weighted by Gasteiger charge is 2.18. The van der Waals surface area contributed by atoms with Crippen LogP contribution in [0.4, 0.5) is 0 Å². The van der Waals surface area contributed by atoms with Crippen molar-refractivity contribution in [1.29, 1.82) is 0 Å². The number of amides is 1. The van der Waals surface area contributed by atoms with Crippen LogP contribution in [0.25, 0.3) is 0 Å². The van der Waals surface area contributed by atoms with E-state index in [0.717, 1.165) is 20.9 Å². The number of hydrogen-bond acceptors (Lipinski definition) is 2. The topological polar surface area (TPSA) is 29.1 Å². The van der Waals surface area contributed by atoms with Crippen molar-refractivity contribution in [2.24, 2.45) is 0 Å². The summed E-state index contributed by atoms with van der Waals surface area (Å²) in [6.45, 7) is 2.01. The van der Waals surface area contributed by atoms with Crippen LogP contribution in [0.2, 0.25) is 0 Å². The standard InChI is InChI=1S/C19H17NOS/c1-14-12-13-17(22-14)19(21)20-18(15-8-4-2-5-9-15)16-10-6-3-7-11-16/h2-13,18H,1H3,(H,20,21). The van der Waals surface area contributed by atoms with Gasteiger partial charge >= 0.3 is 0 Å². The zero-order valence-electron chi connectivity index (χ0n) is 12.3. The molecule has 3 heteroatoms. The van der Waals surface area contributed by atoms with Crippen LogP contribution in [-0.2, 0) is 0 Å². The van der Waals surface area contributed by atoms with E-state index in [0.29, 0.717) is 0 Å². The van der Waals surface area contributed by atoms with E-state index in [1.807, 2.05) is 79.7 Å². The van der Waals surface area contributed by atoms with Crippen molar-refractivity contribution in [3.05, 3.63) is 93.7 Å². The normalized spacial score (nSPS) is 10.6. The molecule has 110 valence electrons. The molecule has 3 aromatic rings. The minimum Gasteiger partial charge on any atom is -0.340 e. The summed E-state index contributed by atoms with van der Waals surface area (Å²) in [6, 6.07) is 23.8. The first-order valence-electron chi connectivity index (χ1n) is 7.21. The lowest BCUT2D eigenvalue weighted by Crippen LogP contribution is -2.28. The van der Waals surface area contributed by atoms with Crippen molar-refractivity contribution in [3.63, 3.8) is 0 Å². The average molecular weight is 307 g/mol. The second kappa shape index (κ2) is 6.58. The van der Waals surface area contributed by atoms with Crippen molar-refractivity contribution < 1.29 is 4.79 Å². The third kappa shape index (κ3) is 3.26. The maximum Gasteiger partial charge on any atom is 0.262 e. The summed E-state index contributed by atoms with van der Waals surface area (Å²) in [6.07, 6.45) is 0. The Kier molecular flexibility index (Phi) is 4.35. The number of thiophene rings is 1. The second-order valence-corrected chi connectivity index (χ2v) is 6.43. The number of rotatable bonds is 4. The molecule has 0 aliphatic heterocycles. The second-order valence-electron chi connectivity index (χ2n) is 5.14. The number of aryl methyl sites for hydroxylation is 1. The molecule has 0 atom stereocenters. The van der Waals surface area contributed by atoms with Gasteiger partial charge in [0.1, 0.15) is 0 Å². The fraction of sp³-hybridized carbons (Fsp3) is 0.105. The Balaban J connectivity index is 1.91. The van der Waals surface area contributed by atoms with Crippen LogP contribution in [0.1, 0.15) is 31.7 Å². The van der Waals surface area contributed by atoms with Gasteiger partial charge in [-0.05, 0) is 30.2 Å². The van der Waals surface area contributed by atoms with Gasteiger partial charge in [-0.25, -0.2) is 0 Å². The Hall–Kier alpha value is -2.39. The molecule has 1 heterocycles. The zero-order chi connectivity index (χ0) is 15.4. The van der Waals surface area contributed by atoms with Crippen LogP contribution in [0.3, 0.4) is 0 Å². The molecule has 0 spiro atoms. The van der Waals surface area contributed by atoms with Crippen molar-refractivity contribution in [1.82, 2.24) is 5.32 Å². The van der Waals surface area contributed by atoms with Crippen molar-refractivity contribution in [3.8, 4) is 0 Å². The highest BCUT2D eigenvalue weighted by Crippen LogP contribution is 2.23. The molecular weight excluding hydrogens is 290 g/mol. The first-order chi connectivity index (χ1) is 10.7. The van der Waals surface area contributed by atoms with Crippen molar-refractivity contribution in [2.45, 2.75) is 13.0 Å². The van der Waals surface area contributed by atoms with Gasteiger partial charge in [0.15, 0.2) is 0 Å². The predicted molar refractivity (Wildman–Crippen MR) is 91.2 cm³/mol. The summed E-state index contributed by atoms with van der Waals surface area (Å²) in [5, 5.41) is 3.15. The quantitative estimate of drug-likeness (QED) is 0.751. The van der Waals surface area contributed by atoms with E-state index in [2.05, 4.69) is 5.32 Å². The Labute approximate surface area is 134 Å². The number of benzene rings is 2. The molecule has 0 radical (unpaired) electrons. The van der Waals surface area contributed by atoms with E-state index >= 15 is 0 Å². The molecule has 0 aliphatic rings. The molecule has 3 rings (SSSR count). The van der Waals surface area contributed by atoms with Gasteiger partial charge in [-0.15, -0.1) is 11.3 Å². The summed E-state index contributed by atoms with van der Waals surface area (Å²) >= 11 is 1.52. The lowest BCUT2D eigenvalue weighted by Gasteiger charge is -2.19. The molecule has 0 bridgehead atoms. The monoisotopic (exact) mass is 307 g/mol. The van der Waals surface area contributed by atoms with E-state index < -0.39 is 0 Å². The number of hydrogen-bond donors (Lipinski definition) is 1. The van der Waals surface area contributed by atoms with E-state index in [1.54, 1.807) is 0 Å². The molecule has 0 aliphatic carbocycles.